The van der Waals surface area contributed by atoms with Crippen molar-refractivity contribution in [2.45, 2.75) is 32.7 Å². The molecule has 0 saturated heterocycles. The third-order valence-electron chi connectivity index (χ3n) is 3.34. The van der Waals surface area contributed by atoms with Crippen molar-refractivity contribution in [3.63, 3.8) is 0 Å². The van der Waals surface area contributed by atoms with Crippen molar-refractivity contribution in [1.29, 1.82) is 0 Å². The van der Waals surface area contributed by atoms with Gasteiger partial charge in [-0.2, -0.15) is 30.0 Å². The van der Waals surface area contributed by atoms with Crippen LogP contribution in [0.1, 0.15) is 27.2 Å². The van der Waals surface area contributed by atoms with Gasteiger partial charge in [0.25, 0.3) is 10.1 Å². The minimum atomic E-state index is -5.84. The molecule has 22 heavy (non-hydrogen) atoms. The molecule has 0 spiro atoms. The van der Waals surface area contributed by atoms with Crippen molar-refractivity contribution in [2.75, 3.05) is 31.9 Å². The van der Waals surface area contributed by atoms with E-state index in [2.05, 4.69) is 20.8 Å². The standard InChI is InChI=1S/C9H21NO3S.CHF3O3S/c1-4-10(5-2,6-3)8-7-9-14(11,12)13;2-1(3,4)8(5,6)7/h4-9H2,1-3H3;(H,5,6,7)/p+1. The molecule has 0 rings (SSSR count). The molecule has 0 atom stereocenters. The summed E-state index contributed by atoms with van der Waals surface area (Å²) in [7, 11) is -9.62. The summed E-state index contributed by atoms with van der Waals surface area (Å²) in [5, 5.41) is 0. The Hall–Kier alpha value is -0.430. The summed E-state index contributed by atoms with van der Waals surface area (Å²) >= 11 is 0. The molecule has 0 aromatic heterocycles. The molecule has 12 heteroatoms. The lowest BCUT2D eigenvalue weighted by molar-refractivity contribution is -0.923. The van der Waals surface area contributed by atoms with Gasteiger partial charge in [0.2, 0.25) is 0 Å². The number of quaternary nitrogens is 1. The van der Waals surface area contributed by atoms with E-state index in [1.54, 1.807) is 0 Å². The van der Waals surface area contributed by atoms with Gasteiger partial charge in [0, 0.05) is 6.42 Å². The van der Waals surface area contributed by atoms with Crippen LogP contribution in [-0.2, 0) is 20.2 Å². The van der Waals surface area contributed by atoms with E-state index in [9.17, 15) is 21.6 Å². The number of halogens is 3. The Morgan fingerprint density at radius 1 is 0.909 bits per heavy atom. The Balaban J connectivity index is 0. The van der Waals surface area contributed by atoms with Gasteiger partial charge >= 0.3 is 15.6 Å². The van der Waals surface area contributed by atoms with E-state index < -0.39 is 25.7 Å². The van der Waals surface area contributed by atoms with Gasteiger partial charge in [-0.3, -0.25) is 9.11 Å². The highest BCUT2D eigenvalue weighted by atomic mass is 32.2. The quantitative estimate of drug-likeness (QED) is 0.397. The summed E-state index contributed by atoms with van der Waals surface area (Å²) in [6, 6.07) is 0. The van der Waals surface area contributed by atoms with E-state index in [4.69, 9.17) is 17.5 Å². The van der Waals surface area contributed by atoms with E-state index in [1.165, 1.54) is 0 Å². The van der Waals surface area contributed by atoms with Crippen LogP contribution in [0.25, 0.3) is 0 Å². The summed E-state index contributed by atoms with van der Waals surface area (Å²) in [6.07, 6.45) is 0.536. The van der Waals surface area contributed by atoms with Gasteiger partial charge in [-0.15, -0.1) is 0 Å². The fourth-order valence-corrected chi connectivity index (χ4v) is 2.22. The maximum atomic E-state index is 10.7. The van der Waals surface area contributed by atoms with Crippen LogP contribution < -0.4 is 0 Å². The summed E-state index contributed by atoms with van der Waals surface area (Å²) in [5.41, 5.74) is -5.53. The Morgan fingerprint density at radius 2 is 1.23 bits per heavy atom. The molecule has 0 bridgehead atoms. The van der Waals surface area contributed by atoms with Crippen LogP contribution in [0.4, 0.5) is 13.2 Å². The van der Waals surface area contributed by atoms with E-state index in [0.717, 1.165) is 30.7 Å². The van der Waals surface area contributed by atoms with Gasteiger partial charge in [-0.1, -0.05) is 0 Å². The summed E-state index contributed by atoms with van der Waals surface area (Å²) in [6.45, 7) is 10.2. The third kappa shape index (κ3) is 10.3. The second-order valence-corrected chi connectivity index (χ2v) is 7.56. The molecule has 0 heterocycles. The monoisotopic (exact) mass is 374 g/mol. The Kier molecular flexibility index (Phi) is 9.76. The fourth-order valence-electron chi connectivity index (χ4n) is 1.73. The van der Waals surface area contributed by atoms with Crippen molar-refractivity contribution in [1.82, 2.24) is 0 Å². The molecule has 0 saturated carbocycles. The average molecular weight is 374 g/mol. The van der Waals surface area contributed by atoms with Gasteiger partial charge in [0.1, 0.15) is 0 Å². The summed E-state index contributed by atoms with van der Waals surface area (Å²) in [4.78, 5) is 0. The molecular formula is C10H23F3NO6S2+. The fraction of sp³-hybridized carbons (Fsp3) is 1.00. The molecule has 0 radical (unpaired) electrons. The van der Waals surface area contributed by atoms with Gasteiger partial charge in [0.15, 0.2) is 0 Å². The minimum absolute atomic E-state index is 0.118. The van der Waals surface area contributed by atoms with Gasteiger partial charge < -0.3 is 4.48 Å². The molecular weight excluding hydrogens is 351 g/mol. The van der Waals surface area contributed by atoms with Crippen LogP contribution in [-0.4, -0.2) is 67.9 Å². The molecule has 0 aromatic carbocycles. The zero-order valence-electron chi connectivity index (χ0n) is 12.7. The highest BCUT2D eigenvalue weighted by molar-refractivity contribution is 7.86. The molecule has 0 fully saturated rings. The van der Waals surface area contributed by atoms with Gasteiger partial charge in [-0.25, -0.2) is 0 Å². The number of alkyl halides is 3. The lowest BCUT2D eigenvalue weighted by atomic mass is 10.3. The molecule has 136 valence electrons. The first-order valence-corrected chi connectivity index (χ1v) is 9.53. The van der Waals surface area contributed by atoms with Crippen molar-refractivity contribution < 1.29 is 43.6 Å². The predicted octanol–water partition coefficient (Wildman–Crippen LogP) is 1.53. The second-order valence-electron chi connectivity index (χ2n) is 4.57. The highest BCUT2D eigenvalue weighted by Crippen LogP contribution is 2.20. The lowest BCUT2D eigenvalue weighted by Gasteiger charge is -2.35. The summed E-state index contributed by atoms with van der Waals surface area (Å²) in [5.74, 6) is -0.118. The molecule has 0 aliphatic carbocycles. The minimum Gasteiger partial charge on any atom is -0.324 e. The first-order chi connectivity index (χ1) is 9.64. The molecule has 7 nitrogen and oxygen atoms in total. The zero-order chi connectivity index (χ0) is 18.2. The highest BCUT2D eigenvalue weighted by Gasteiger charge is 2.44. The van der Waals surface area contributed by atoms with Crippen LogP contribution in [0.2, 0.25) is 0 Å². The molecule has 0 amide bonds. The second kappa shape index (κ2) is 9.01. The summed E-state index contributed by atoms with van der Waals surface area (Å²) < 4.78 is 88.1. The van der Waals surface area contributed by atoms with Crippen LogP contribution >= 0.6 is 0 Å². The topological polar surface area (TPSA) is 109 Å². The zero-order valence-corrected chi connectivity index (χ0v) is 14.3. The van der Waals surface area contributed by atoms with Gasteiger partial charge in [0.05, 0.1) is 31.9 Å². The van der Waals surface area contributed by atoms with Crippen LogP contribution in [0.15, 0.2) is 0 Å². The molecule has 0 unspecified atom stereocenters. The Morgan fingerprint density at radius 3 is 1.41 bits per heavy atom. The van der Waals surface area contributed by atoms with Crippen LogP contribution in [0, 0.1) is 0 Å². The number of nitrogens with zero attached hydrogens (tertiary/aromatic N) is 1. The number of rotatable bonds is 7. The van der Waals surface area contributed by atoms with E-state index in [1.807, 2.05) is 0 Å². The third-order valence-corrected chi connectivity index (χ3v) is 4.73. The number of hydrogen-bond acceptors (Lipinski definition) is 4. The van der Waals surface area contributed by atoms with Crippen molar-refractivity contribution in [2.24, 2.45) is 0 Å². The van der Waals surface area contributed by atoms with Crippen LogP contribution in [0.3, 0.4) is 0 Å². The Labute approximate surface area is 129 Å². The van der Waals surface area contributed by atoms with Crippen molar-refractivity contribution in [3.8, 4) is 0 Å². The molecule has 2 N–H and O–H groups in total. The SMILES string of the molecule is CC[N+](CC)(CC)CCCS(=O)(=O)O.O=S(=O)(O)C(F)(F)F. The van der Waals surface area contributed by atoms with E-state index in [-0.39, 0.29) is 5.75 Å². The van der Waals surface area contributed by atoms with E-state index in [0.29, 0.717) is 6.42 Å². The van der Waals surface area contributed by atoms with E-state index >= 15 is 0 Å². The molecule has 0 aliphatic rings. The van der Waals surface area contributed by atoms with Gasteiger partial charge in [-0.05, 0) is 20.8 Å². The Bertz CT molecular complexity index is 503. The predicted molar refractivity (Wildman–Crippen MR) is 75.4 cm³/mol. The van der Waals surface area contributed by atoms with Crippen LogP contribution in [0.5, 0.6) is 0 Å². The maximum absolute atomic E-state index is 10.7. The number of hydrogen-bond donors (Lipinski definition) is 2. The smallest absolute Gasteiger partial charge is 0.324 e. The largest absolute Gasteiger partial charge is 0.522 e. The molecule has 0 aliphatic heterocycles. The van der Waals surface area contributed by atoms with Crippen molar-refractivity contribution in [3.05, 3.63) is 0 Å². The average Bonchev–Trinajstić information content (AvgIpc) is 2.32. The first-order valence-electron chi connectivity index (χ1n) is 6.48. The normalized spacial score (nSPS) is 13.5. The maximum Gasteiger partial charge on any atom is 0.522 e. The molecule has 0 aromatic rings. The first kappa shape index (κ1) is 23.8. The lowest BCUT2D eigenvalue weighted by Crippen LogP contribution is -2.48. The van der Waals surface area contributed by atoms with Crippen molar-refractivity contribution >= 4 is 20.2 Å².